The summed E-state index contributed by atoms with van der Waals surface area (Å²) in [4.78, 5) is 0. The van der Waals surface area contributed by atoms with E-state index in [2.05, 4.69) is 106 Å². The summed E-state index contributed by atoms with van der Waals surface area (Å²) in [5, 5.41) is 0. The Morgan fingerprint density at radius 2 is 0.540 bits per heavy atom. The summed E-state index contributed by atoms with van der Waals surface area (Å²) in [5.41, 5.74) is 4.63. The Hall–Kier alpha value is 2.50. The van der Waals surface area contributed by atoms with E-state index in [1.54, 1.807) is 89.1 Å². The topological polar surface area (TPSA) is 0 Å². The van der Waals surface area contributed by atoms with Crippen LogP contribution in [0.25, 0.3) is 0 Å². The van der Waals surface area contributed by atoms with Crippen LogP contribution < -0.4 is 37.7 Å². The second kappa shape index (κ2) is 21.3. The van der Waals surface area contributed by atoms with Crippen molar-refractivity contribution in [2.45, 2.75) is 230 Å². The van der Waals surface area contributed by atoms with Crippen LogP contribution in [0, 0.1) is 38.5 Å². The number of hydrogen-bond donors (Lipinski definition) is 0. The summed E-state index contributed by atoms with van der Waals surface area (Å²) < 4.78 is 0. The summed E-state index contributed by atoms with van der Waals surface area (Å²) in [5.74, 6) is 4.32. The molecule has 0 saturated heterocycles. The van der Waals surface area contributed by atoms with E-state index < -0.39 is 46.5 Å². The van der Waals surface area contributed by atoms with E-state index in [9.17, 15) is 0 Å². The fourth-order valence-corrected chi connectivity index (χ4v) is 43.3. The van der Waals surface area contributed by atoms with Gasteiger partial charge in [0.25, 0.3) is 0 Å². The fourth-order valence-electron chi connectivity index (χ4n) is 11.9. The molecule has 4 fully saturated rings. The average molecular weight is 782 g/mol. The average Bonchev–Trinajstić information content (AvgIpc) is 3.74. The van der Waals surface area contributed by atoms with Gasteiger partial charge >= 0.3 is 37.7 Å². The molecular weight excluding hydrogens is 687 g/mol. The first-order chi connectivity index (χ1) is 20.9. The summed E-state index contributed by atoms with van der Waals surface area (Å²) >= 11 is 0. The predicted octanol–water partition coefficient (Wildman–Crippen LogP) is 10.0. The zero-order valence-corrected chi connectivity index (χ0v) is 44.9. The van der Waals surface area contributed by atoms with Crippen molar-refractivity contribution in [1.82, 2.24) is 0 Å². The Labute approximate surface area is 349 Å². The largest absolute Gasteiger partial charge is 1.00 e. The van der Waals surface area contributed by atoms with Gasteiger partial charge in [0.2, 0.25) is 0 Å². The molecule has 0 aliphatic heterocycles. The van der Waals surface area contributed by atoms with E-state index in [-0.39, 0.29) is 52.6 Å². The van der Waals surface area contributed by atoms with Crippen LogP contribution in [0.5, 0.6) is 0 Å². The van der Waals surface area contributed by atoms with E-state index in [1.807, 2.05) is 0 Å². The van der Waals surface area contributed by atoms with Gasteiger partial charge in [0.05, 0.1) is 0 Å². The molecule has 8 atom stereocenters. The minimum Gasteiger partial charge on any atom is -0.358 e. The monoisotopic (exact) mass is 781 g/mol. The molecule has 0 heterocycles. The summed E-state index contributed by atoms with van der Waals surface area (Å²) in [6, 6.07) is 3.19. The van der Waals surface area contributed by atoms with Crippen molar-refractivity contribution >= 4 is 46.5 Å². The van der Waals surface area contributed by atoms with Crippen LogP contribution in [0.2, 0.25) is 126 Å². The maximum atomic E-state index is 2.82. The molecule has 0 aromatic rings. The molecule has 0 spiro atoms. The van der Waals surface area contributed by atoms with Crippen molar-refractivity contribution in [3.63, 3.8) is 0 Å². The maximum absolute atomic E-state index is 2.82. The first-order valence-electron chi connectivity index (χ1n) is 20.9. The van der Waals surface area contributed by atoms with E-state index in [0.717, 1.165) is 45.8 Å². The molecule has 0 radical (unpaired) electrons. The standard InChI is InChI=1S/2C20H44Si3.2CH3.2Li/c2*1-9-17-10-12-19(14-17)22(5,6)23(7,8)20-13-11-18(15-20)16-21(2,3)4;;;;/h2*17-20H,9-16H2,1-8H3;2*1H3;;/q;;2*-1;2*+1. The van der Waals surface area contributed by atoms with Crippen molar-refractivity contribution < 1.29 is 37.7 Å². The van der Waals surface area contributed by atoms with Gasteiger partial charge in [-0.2, -0.15) is 0 Å². The molecule has 0 bridgehead atoms. The van der Waals surface area contributed by atoms with Gasteiger partial charge in [0, 0.05) is 46.5 Å². The predicted molar refractivity (Wildman–Crippen MR) is 244 cm³/mol. The van der Waals surface area contributed by atoms with Gasteiger partial charge in [-0.15, -0.1) is 0 Å². The van der Waals surface area contributed by atoms with Crippen LogP contribution in [-0.2, 0) is 0 Å². The van der Waals surface area contributed by atoms with Gasteiger partial charge in [0.15, 0.2) is 0 Å². The molecule has 50 heavy (non-hydrogen) atoms. The van der Waals surface area contributed by atoms with E-state index in [0.29, 0.717) is 0 Å². The maximum Gasteiger partial charge on any atom is 1.00 e. The molecule has 4 aliphatic rings. The molecule has 4 aliphatic carbocycles. The third-order valence-electron chi connectivity index (χ3n) is 16.5. The normalized spacial score (nSPS) is 30.7. The molecule has 0 N–H and O–H groups in total. The third-order valence-corrected chi connectivity index (χ3v) is 61.9. The Morgan fingerprint density at radius 1 is 0.340 bits per heavy atom. The van der Waals surface area contributed by atoms with Crippen LogP contribution in [-0.4, -0.2) is 46.5 Å². The first kappa shape index (κ1) is 54.6. The van der Waals surface area contributed by atoms with Gasteiger partial charge in [-0.1, -0.05) is 207 Å². The van der Waals surface area contributed by atoms with Crippen molar-refractivity contribution in [3.05, 3.63) is 14.9 Å². The second-order valence-electron chi connectivity index (χ2n) is 22.7. The quantitative estimate of drug-likeness (QED) is 0.137. The SMILES string of the molecule is CCC1CCC([Si](C)(C)[Si](C)(C)C2CCC(C[Si](C)(C)C)C2)C1.CCC1CCC([Si](C)(C)[Si](C)(C)C2CCC(C[Si](C)(C)C)C2)C1.[CH3-].[CH3-].[Li+].[Li+]. The molecule has 0 aromatic heterocycles. The second-order valence-corrected chi connectivity index (χ2v) is 66.3. The molecule has 288 valence electrons. The summed E-state index contributed by atoms with van der Waals surface area (Å²) in [6.45, 7) is 42.8. The Kier molecular flexibility index (Phi) is 23.3. The Balaban J connectivity index is 0. The molecule has 4 rings (SSSR count). The zero-order valence-electron chi connectivity index (χ0n) is 38.9. The summed E-state index contributed by atoms with van der Waals surface area (Å²) in [7, 11) is -5.99. The molecule has 8 unspecified atom stereocenters. The third kappa shape index (κ3) is 13.9. The van der Waals surface area contributed by atoms with Crippen LogP contribution in [0.15, 0.2) is 0 Å². The molecule has 8 heteroatoms. The van der Waals surface area contributed by atoms with Crippen molar-refractivity contribution in [2.24, 2.45) is 23.7 Å². The molecular formula is C42H94Li2Si6. The minimum atomic E-state index is -1.07. The smallest absolute Gasteiger partial charge is 0.358 e. The summed E-state index contributed by atoms with van der Waals surface area (Å²) in [6.07, 6.45) is 21.9. The van der Waals surface area contributed by atoms with Gasteiger partial charge in [-0.25, -0.2) is 0 Å². The van der Waals surface area contributed by atoms with E-state index >= 15 is 0 Å². The Bertz CT molecular complexity index is 877. The van der Waals surface area contributed by atoms with Gasteiger partial charge < -0.3 is 14.9 Å². The molecule has 4 saturated carbocycles. The van der Waals surface area contributed by atoms with Crippen molar-refractivity contribution in [1.29, 1.82) is 0 Å². The van der Waals surface area contributed by atoms with E-state index in [4.69, 9.17) is 0 Å². The number of hydrogen-bond acceptors (Lipinski definition) is 0. The van der Waals surface area contributed by atoms with Gasteiger partial charge in [-0.05, 0) is 45.8 Å². The van der Waals surface area contributed by atoms with Crippen LogP contribution in [0.4, 0.5) is 0 Å². The van der Waals surface area contributed by atoms with Crippen molar-refractivity contribution in [3.8, 4) is 0 Å². The molecule has 0 amide bonds. The van der Waals surface area contributed by atoms with Crippen LogP contribution >= 0.6 is 0 Å². The fraction of sp³-hybridized carbons (Fsp3) is 0.952. The van der Waals surface area contributed by atoms with Crippen LogP contribution in [0.3, 0.4) is 0 Å². The van der Waals surface area contributed by atoms with E-state index in [1.165, 1.54) is 12.8 Å². The Morgan fingerprint density at radius 3 is 0.720 bits per heavy atom. The molecule has 0 nitrogen and oxygen atoms in total. The van der Waals surface area contributed by atoms with Gasteiger partial charge in [0.1, 0.15) is 0 Å². The first-order valence-corrected chi connectivity index (χ1v) is 42.7. The zero-order chi connectivity index (χ0) is 34.9. The van der Waals surface area contributed by atoms with Gasteiger partial charge in [-0.3, -0.25) is 0 Å². The van der Waals surface area contributed by atoms with Crippen molar-refractivity contribution in [2.75, 3.05) is 0 Å². The van der Waals surface area contributed by atoms with Crippen LogP contribution in [0.1, 0.15) is 104 Å². The number of rotatable bonds is 12. The minimum absolute atomic E-state index is 0. The molecule has 0 aromatic carbocycles.